The Hall–Kier alpha value is -3.46. The van der Waals surface area contributed by atoms with Gasteiger partial charge in [0.2, 0.25) is 5.91 Å². The Kier molecular flexibility index (Phi) is 7.42. The van der Waals surface area contributed by atoms with E-state index in [0.29, 0.717) is 16.7 Å². The molecule has 2 heterocycles. The molecule has 0 bridgehead atoms. The summed E-state index contributed by atoms with van der Waals surface area (Å²) in [6.45, 7) is 1.42. The molecule has 1 fully saturated rings. The molecule has 0 unspecified atom stereocenters. The van der Waals surface area contributed by atoms with Crippen LogP contribution in [0.15, 0.2) is 59.2 Å². The second-order valence-electron chi connectivity index (χ2n) is 8.13. The van der Waals surface area contributed by atoms with Gasteiger partial charge in [-0.25, -0.2) is 19.2 Å². The zero-order chi connectivity index (χ0) is 24.1. The van der Waals surface area contributed by atoms with Crippen LogP contribution in [0.5, 0.6) is 0 Å². The van der Waals surface area contributed by atoms with Crippen molar-refractivity contribution < 1.29 is 19.1 Å². The molecule has 4 rings (SSSR count). The molecular formula is C25H25FN4O3S. The largest absolute Gasteiger partial charge is 0.478 e. The number of benzene rings is 1. The first kappa shape index (κ1) is 23.7. The number of hydrogen-bond donors (Lipinski definition) is 2. The summed E-state index contributed by atoms with van der Waals surface area (Å²) >= 11 is 1.24. The van der Waals surface area contributed by atoms with Crippen molar-refractivity contribution in [1.29, 1.82) is 0 Å². The number of aliphatic carboxylic acids is 1. The summed E-state index contributed by atoms with van der Waals surface area (Å²) in [5.41, 5.74) is 3.05. The van der Waals surface area contributed by atoms with Crippen LogP contribution in [0.2, 0.25) is 0 Å². The van der Waals surface area contributed by atoms with Crippen LogP contribution in [0, 0.1) is 5.82 Å². The van der Waals surface area contributed by atoms with Gasteiger partial charge in [-0.2, -0.15) is 0 Å². The van der Waals surface area contributed by atoms with Gasteiger partial charge in [0.25, 0.3) is 0 Å². The van der Waals surface area contributed by atoms with Crippen molar-refractivity contribution in [3.05, 3.63) is 59.9 Å². The molecule has 1 aliphatic rings. The van der Waals surface area contributed by atoms with Gasteiger partial charge in [-0.15, -0.1) is 0 Å². The van der Waals surface area contributed by atoms with Crippen LogP contribution < -0.4 is 5.32 Å². The van der Waals surface area contributed by atoms with Crippen molar-refractivity contribution in [1.82, 2.24) is 14.5 Å². The van der Waals surface area contributed by atoms with E-state index >= 15 is 0 Å². The molecule has 0 spiro atoms. The highest BCUT2D eigenvalue weighted by atomic mass is 32.2. The van der Waals surface area contributed by atoms with Gasteiger partial charge >= 0.3 is 5.97 Å². The lowest BCUT2D eigenvalue weighted by Crippen LogP contribution is -2.15. The molecule has 0 aliphatic heterocycles. The normalized spacial score (nSPS) is 14.4. The van der Waals surface area contributed by atoms with Gasteiger partial charge in [0.05, 0.1) is 11.4 Å². The van der Waals surface area contributed by atoms with E-state index in [1.165, 1.54) is 42.6 Å². The monoisotopic (exact) mass is 480 g/mol. The maximum atomic E-state index is 13.7. The first-order valence-electron chi connectivity index (χ1n) is 11.1. The van der Waals surface area contributed by atoms with E-state index in [1.54, 1.807) is 24.4 Å². The summed E-state index contributed by atoms with van der Waals surface area (Å²) in [5.74, 6) is -1.17. The lowest BCUT2D eigenvalue weighted by atomic mass is 9.94. The van der Waals surface area contributed by atoms with Crippen molar-refractivity contribution in [2.45, 2.75) is 50.2 Å². The van der Waals surface area contributed by atoms with Crippen molar-refractivity contribution in [3.63, 3.8) is 0 Å². The first-order chi connectivity index (χ1) is 16.4. The zero-order valence-electron chi connectivity index (χ0n) is 18.7. The molecule has 7 nitrogen and oxygen atoms in total. The van der Waals surface area contributed by atoms with E-state index in [4.69, 9.17) is 10.1 Å². The third-order valence-corrected chi connectivity index (χ3v) is 6.43. The quantitative estimate of drug-likeness (QED) is 0.323. The van der Waals surface area contributed by atoms with E-state index in [-0.39, 0.29) is 17.8 Å². The molecule has 34 heavy (non-hydrogen) atoms. The predicted molar refractivity (Wildman–Crippen MR) is 130 cm³/mol. The number of carbonyl (C=O) groups excluding carboxylic acids is 1. The van der Waals surface area contributed by atoms with Gasteiger partial charge in [-0.3, -0.25) is 4.79 Å². The Labute approximate surface area is 201 Å². The number of thioether (sulfide) groups is 1. The Morgan fingerprint density at radius 1 is 1.15 bits per heavy atom. The molecule has 1 saturated carbocycles. The van der Waals surface area contributed by atoms with Gasteiger partial charge in [-0.05, 0) is 54.6 Å². The summed E-state index contributed by atoms with van der Waals surface area (Å²) in [6, 6.07) is 10.00. The van der Waals surface area contributed by atoms with E-state index < -0.39 is 5.97 Å². The molecule has 3 aromatic rings. The van der Waals surface area contributed by atoms with Crippen LogP contribution in [-0.2, 0) is 9.59 Å². The molecule has 1 aromatic carbocycles. The Balaban J connectivity index is 1.92. The molecule has 176 valence electrons. The highest BCUT2D eigenvalue weighted by Gasteiger charge is 2.27. The number of carboxylic acids is 1. The average molecular weight is 481 g/mol. The van der Waals surface area contributed by atoms with Crippen LogP contribution in [0.1, 0.15) is 45.1 Å². The highest BCUT2D eigenvalue weighted by Crippen LogP contribution is 2.42. The zero-order valence-corrected chi connectivity index (χ0v) is 19.5. The Morgan fingerprint density at radius 2 is 1.88 bits per heavy atom. The SMILES string of the molecule is CC(=O)Nc1cc(-c2c(-c3ccc(F)cc3)nc(S/C=C\C(=O)O)n2C2CCCCC2)ccn1. The molecule has 9 heteroatoms. The first-order valence-corrected chi connectivity index (χ1v) is 12.0. The highest BCUT2D eigenvalue weighted by molar-refractivity contribution is 8.02. The van der Waals surface area contributed by atoms with E-state index in [2.05, 4.69) is 14.9 Å². The molecule has 0 atom stereocenters. The van der Waals surface area contributed by atoms with Crippen LogP contribution >= 0.6 is 11.8 Å². The predicted octanol–water partition coefficient (Wildman–Crippen LogP) is 5.91. The number of nitrogens with one attached hydrogen (secondary N) is 1. The third-order valence-electron chi connectivity index (χ3n) is 5.66. The van der Waals surface area contributed by atoms with Gasteiger partial charge in [0, 0.05) is 36.4 Å². The molecular weight excluding hydrogens is 455 g/mol. The van der Waals surface area contributed by atoms with Crippen molar-refractivity contribution in [3.8, 4) is 22.5 Å². The average Bonchev–Trinajstić information content (AvgIpc) is 3.19. The number of carbonyl (C=O) groups is 2. The Morgan fingerprint density at radius 3 is 2.56 bits per heavy atom. The van der Waals surface area contributed by atoms with E-state index in [1.807, 2.05) is 6.07 Å². The topological polar surface area (TPSA) is 97.1 Å². The molecule has 0 saturated heterocycles. The minimum Gasteiger partial charge on any atom is -0.478 e. The summed E-state index contributed by atoms with van der Waals surface area (Å²) in [6.07, 6.45) is 8.04. The van der Waals surface area contributed by atoms with Gasteiger partial charge in [0.1, 0.15) is 11.6 Å². The fraction of sp³-hybridized carbons (Fsp3) is 0.280. The number of pyridine rings is 1. The van der Waals surface area contributed by atoms with Crippen molar-refractivity contribution in [2.75, 3.05) is 5.32 Å². The minimum absolute atomic E-state index is 0.184. The summed E-state index contributed by atoms with van der Waals surface area (Å²) in [5, 5.41) is 13.9. The lowest BCUT2D eigenvalue weighted by Gasteiger charge is -2.26. The number of hydrogen-bond acceptors (Lipinski definition) is 5. The van der Waals surface area contributed by atoms with Crippen LogP contribution in [-0.4, -0.2) is 31.5 Å². The van der Waals surface area contributed by atoms with E-state index in [9.17, 15) is 14.0 Å². The molecule has 2 N–H and O–H groups in total. The smallest absolute Gasteiger partial charge is 0.328 e. The van der Waals surface area contributed by atoms with Crippen LogP contribution in [0.3, 0.4) is 0 Å². The number of carboxylic acid groups (broad SMARTS) is 1. The number of amides is 1. The maximum Gasteiger partial charge on any atom is 0.328 e. The second-order valence-corrected chi connectivity index (χ2v) is 9.00. The van der Waals surface area contributed by atoms with Gasteiger partial charge in [-0.1, -0.05) is 31.0 Å². The fourth-order valence-electron chi connectivity index (χ4n) is 4.24. The second kappa shape index (κ2) is 10.6. The maximum absolute atomic E-state index is 13.7. The third kappa shape index (κ3) is 5.53. The number of halogens is 1. The van der Waals surface area contributed by atoms with Crippen LogP contribution in [0.25, 0.3) is 22.5 Å². The minimum atomic E-state index is -1.03. The van der Waals surface area contributed by atoms with Gasteiger partial charge in [0.15, 0.2) is 5.16 Å². The summed E-state index contributed by atoms with van der Waals surface area (Å²) in [4.78, 5) is 31.8. The molecule has 1 amide bonds. The fourth-order valence-corrected chi connectivity index (χ4v) is 5.04. The van der Waals surface area contributed by atoms with E-state index in [0.717, 1.165) is 48.6 Å². The van der Waals surface area contributed by atoms with Crippen LogP contribution in [0.4, 0.5) is 10.2 Å². The van der Waals surface area contributed by atoms with Gasteiger partial charge < -0.3 is 15.0 Å². The molecule has 2 aromatic heterocycles. The number of nitrogens with zero attached hydrogens (tertiary/aromatic N) is 3. The Bertz CT molecular complexity index is 1220. The number of imidazole rings is 1. The molecule has 0 radical (unpaired) electrons. The lowest BCUT2D eigenvalue weighted by molar-refractivity contribution is -0.131. The number of rotatable bonds is 7. The molecule has 1 aliphatic carbocycles. The summed E-state index contributed by atoms with van der Waals surface area (Å²) in [7, 11) is 0. The number of aromatic nitrogens is 3. The van der Waals surface area contributed by atoms with Crippen molar-refractivity contribution in [2.24, 2.45) is 0 Å². The summed E-state index contributed by atoms with van der Waals surface area (Å²) < 4.78 is 15.8. The van der Waals surface area contributed by atoms with Crippen molar-refractivity contribution >= 4 is 29.5 Å². The number of anilines is 1. The standard InChI is InChI=1S/C25H25FN4O3S/c1-16(31)28-21-15-18(11-13-27-21)24-23(17-7-9-19(26)10-8-17)29-25(34-14-12-22(32)33)30(24)20-5-3-2-4-6-20/h7-15,20H,2-6H2,1H3,(H,32,33)(H,27,28,31)/b14-12-.